The summed E-state index contributed by atoms with van der Waals surface area (Å²) < 4.78 is 5.05. The number of hydrogen-bond donors (Lipinski definition) is 3. The van der Waals surface area contributed by atoms with Crippen LogP contribution in [0, 0.1) is 0 Å². The van der Waals surface area contributed by atoms with E-state index in [0.717, 1.165) is 6.08 Å². The highest BCUT2D eigenvalue weighted by molar-refractivity contribution is 6.27. The van der Waals surface area contributed by atoms with Crippen LogP contribution in [0.2, 0.25) is 0 Å². The molecule has 6 heteroatoms. The molecule has 0 aliphatic heterocycles. The molecule has 3 N–H and O–H groups in total. The van der Waals surface area contributed by atoms with Crippen molar-refractivity contribution >= 4 is 17.3 Å². The van der Waals surface area contributed by atoms with E-state index in [1.54, 1.807) is 31.4 Å². The first-order valence-electron chi connectivity index (χ1n) is 6.78. The number of phenolic OH excluding ortho intramolecular Hbond substituents is 2. The minimum Gasteiger partial charge on any atom is -0.507 e. The standard InChI is InChI=1S/C17H13NO5/c1-23-10-4-2-9(3-5-10)18-11-8-14(21)15-12(19)6-7-13(20)16(15)17(11)22/h2-8,18-20H,1H3. The number of nitrogens with one attached hydrogen (secondary N) is 1. The fraction of sp³-hybridized carbons (Fsp3) is 0.0588. The number of aromatic hydroxyl groups is 2. The second kappa shape index (κ2) is 5.49. The molecule has 0 bridgehead atoms. The Morgan fingerprint density at radius 2 is 1.52 bits per heavy atom. The third-order valence-corrected chi connectivity index (χ3v) is 3.52. The number of methoxy groups -OCH3 is 1. The zero-order valence-corrected chi connectivity index (χ0v) is 12.2. The van der Waals surface area contributed by atoms with Crippen molar-refractivity contribution in [3.05, 3.63) is 59.3 Å². The van der Waals surface area contributed by atoms with Gasteiger partial charge in [0.05, 0.1) is 23.9 Å². The fourth-order valence-electron chi connectivity index (χ4n) is 2.39. The molecule has 2 aromatic rings. The largest absolute Gasteiger partial charge is 0.507 e. The number of carbonyl (C=O) groups is 2. The number of ether oxygens (including phenoxy) is 1. The van der Waals surface area contributed by atoms with E-state index >= 15 is 0 Å². The van der Waals surface area contributed by atoms with Gasteiger partial charge in [0, 0.05) is 11.8 Å². The van der Waals surface area contributed by atoms with E-state index in [1.807, 2.05) is 0 Å². The van der Waals surface area contributed by atoms with Crippen LogP contribution in [0.3, 0.4) is 0 Å². The third-order valence-electron chi connectivity index (χ3n) is 3.52. The minimum atomic E-state index is -0.566. The summed E-state index contributed by atoms with van der Waals surface area (Å²) in [4.78, 5) is 24.6. The van der Waals surface area contributed by atoms with Gasteiger partial charge in [0.25, 0.3) is 0 Å². The zero-order valence-electron chi connectivity index (χ0n) is 12.2. The number of Topliss-reactive ketones (excluding diaryl/α,β-unsaturated/α-hetero) is 1. The van der Waals surface area contributed by atoms with Crippen molar-refractivity contribution in [2.75, 3.05) is 12.4 Å². The van der Waals surface area contributed by atoms with Gasteiger partial charge in [-0.15, -0.1) is 0 Å². The van der Waals surface area contributed by atoms with Gasteiger partial charge < -0.3 is 20.3 Å². The van der Waals surface area contributed by atoms with Crippen LogP contribution in [0.4, 0.5) is 5.69 Å². The molecular weight excluding hydrogens is 298 g/mol. The number of ketones is 2. The zero-order chi connectivity index (χ0) is 16.6. The van der Waals surface area contributed by atoms with E-state index in [-0.39, 0.29) is 28.3 Å². The number of benzene rings is 2. The molecule has 3 rings (SSSR count). The predicted molar refractivity (Wildman–Crippen MR) is 83.1 cm³/mol. The topological polar surface area (TPSA) is 95.9 Å². The molecule has 0 unspecified atom stereocenters. The lowest BCUT2D eigenvalue weighted by Gasteiger charge is -2.18. The molecule has 0 saturated carbocycles. The van der Waals surface area contributed by atoms with Crippen LogP contribution in [0.1, 0.15) is 20.7 Å². The fourth-order valence-corrected chi connectivity index (χ4v) is 2.39. The van der Waals surface area contributed by atoms with Crippen LogP contribution in [-0.4, -0.2) is 28.9 Å². The van der Waals surface area contributed by atoms with Crippen LogP contribution in [0.25, 0.3) is 0 Å². The van der Waals surface area contributed by atoms with Crippen molar-refractivity contribution in [3.63, 3.8) is 0 Å². The average molecular weight is 311 g/mol. The lowest BCUT2D eigenvalue weighted by Crippen LogP contribution is -2.21. The summed E-state index contributed by atoms with van der Waals surface area (Å²) in [7, 11) is 1.54. The lowest BCUT2D eigenvalue weighted by atomic mass is 9.91. The maximum Gasteiger partial charge on any atom is 0.213 e. The molecule has 23 heavy (non-hydrogen) atoms. The summed E-state index contributed by atoms with van der Waals surface area (Å²) in [5.41, 5.74) is 0.221. The highest BCUT2D eigenvalue weighted by Gasteiger charge is 2.31. The number of hydrogen-bond acceptors (Lipinski definition) is 6. The van der Waals surface area contributed by atoms with Crippen LogP contribution >= 0.6 is 0 Å². The summed E-state index contributed by atoms with van der Waals surface area (Å²) in [6, 6.07) is 9.14. The van der Waals surface area contributed by atoms with E-state index in [0.29, 0.717) is 11.4 Å². The van der Waals surface area contributed by atoms with Gasteiger partial charge in [-0.2, -0.15) is 0 Å². The van der Waals surface area contributed by atoms with Crippen molar-refractivity contribution in [1.82, 2.24) is 0 Å². The summed E-state index contributed by atoms with van der Waals surface area (Å²) in [6.07, 6.45) is 1.11. The summed E-state index contributed by atoms with van der Waals surface area (Å²) in [6.45, 7) is 0. The first-order valence-corrected chi connectivity index (χ1v) is 6.78. The Morgan fingerprint density at radius 1 is 0.913 bits per heavy atom. The number of anilines is 1. The molecule has 0 fully saturated rings. The van der Waals surface area contributed by atoms with Crippen LogP contribution in [0.5, 0.6) is 17.2 Å². The molecule has 0 heterocycles. The number of allylic oxidation sites excluding steroid dienone is 2. The van der Waals surface area contributed by atoms with Gasteiger partial charge in [0.1, 0.15) is 17.2 Å². The predicted octanol–water partition coefficient (Wildman–Crippen LogP) is 2.48. The van der Waals surface area contributed by atoms with E-state index in [9.17, 15) is 19.8 Å². The second-order valence-electron chi connectivity index (χ2n) is 4.96. The Labute approximate surface area is 131 Å². The Morgan fingerprint density at radius 3 is 2.13 bits per heavy atom. The Kier molecular flexibility index (Phi) is 3.50. The normalized spacial score (nSPS) is 13.3. The molecule has 0 aromatic heterocycles. The first-order chi connectivity index (χ1) is 11.0. The van der Waals surface area contributed by atoms with Crippen LogP contribution in [-0.2, 0) is 0 Å². The van der Waals surface area contributed by atoms with Crippen molar-refractivity contribution in [2.24, 2.45) is 0 Å². The molecule has 0 spiro atoms. The number of carbonyl (C=O) groups excluding carboxylic acids is 2. The summed E-state index contributed by atoms with van der Waals surface area (Å²) >= 11 is 0. The third kappa shape index (κ3) is 2.50. The van der Waals surface area contributed by atoms with Gasteiger partial charge >= 0.3 is 0 Å². The molecule has 0 saturated heterocycles. The minimum absolute atomic E-state index is 0.0218. The molecule has 116 valence electrons. The van der Waals surface area contributed by atoms with Gasteiger partial charge in [-0.1, -0.05) is 0 Å². The molecule has 0 amide bonds. The van der Waals surface area contributed by atoms with Gasteiger partial charge in [0.2, 0.25) is 5.78 Å². The summed E-state index contributed by atoms with van der Waals surface area (Å²) in [5, 5.41) is 22.5. The molecule has 1 aliphatic carbocycles. The van der Waals surface area contributed by atoms with Gasteiger partial charge in [-0.05, 0) is 36.4 Å². The van der Waals surface area contributed by atoms with Crippen LogP contribution < -0.4 is 10.1 Å². The molecule has 6 nitrogen and oxygen atoms in total. The molecule has 0 radical (unpaired) electrons. The highest BCUT2D eigenvalue weighted by Crippen LogP contribution is 2.34. The molecule has 2 aromatic carbocycles. The smallest absolute Gasteiger partial charge is 0.213 e. The molecule has 1 aliphatic rings. The van der Waals surface area contributed by atoms with E-state index in [1.165, 1.54) is 12.1 Å². The lowest BCUT2D eigenvalue weighted by molar-refractivity contribution is 0.0980. The van der Waals surface area contributed by atoms with Crippen molar-refractivity contribution in [3.8, 4) is 17.2 Å². The second-order valence-corrected chi connectivity index (χ2v) is 4.96. The van der Waals surface area contributed by atoms with Crippen molar-refractivity contribution in [1.29, 1.82) is 0 Å². The molecule has 0 atom stereocenters. The maximum atomic E-state index is 12.5. The van der Waals surface area contributed by atoms with E-state index < -0.39 is 11.6 Å². The quantitative estimate of drug-likeness (QED) is 0.754. The maximum absolute atomic E-state index is 12.5. The Balaban J connectivity index is 1.97. The Bertz CT molecular complexity index is 837. The number of phenols is 2. The monoisotopic (exact) mass is 311 g/mol. The molecular formula is C17H13NO5. The highest BCUT2D eigenvalue weighted by atomic mass is 16.5. The van der Waals surface area contributed by atoms with E-state index in [4.69, 9.17) is 4.74 Å². The van der Waals surface area contributed by atoms with Crippen molar-refractivity contribution < 1.29 is 24.5 Å². The van der Waals surface area contributed by atoms with Gasteiger partial charge in [-0.3, -0.25) is 9.59 Å². The van der Waals surface area contributed by atoms with E-state index in [2.05, 4.69) is 5.32 Å². The number of fused-ring (bicyclic) bond motifs is 1. The average Bonchev–Trinajstić information content (AvgIpc) is 2.55. The summed E-state index contributed by atoms with van der Waals surface area (Å²) in [5.74, 6) is -1.15. The van der Waals surface area contributed by atoms with Gasteiger partial charge in [-0.25, -0.2) is 0 Å². The van der Waals surface area contributed by atoms with Crippen LogP contribution in [0.15, 0.2) is 48.2 Å². The number of rotatable bonds is 3. The van der Waals surface area contributed by atoms with Gasteiger partial charge in [0.15, 0.2) is 5.78 Å². The van der Waals surface area contributed by atoms with Crippen molar-refractivity contribution in [2.45, 2.75) is 0 Å². The SMILES string of the molecule is COc1ccc(NC2=CC(=O)c3c(O)ccc(O)c3C2=O)cc1. The first kappa shape index (κ1) is 14.6. The Hall–Kier alpha value is -3.28.